The van der Waals surface area contributed by atoms with E-state index in [9.17, 15) is 4.79 Å². The summed E-state index contributed by atoms with van der Waals surface area (Å²) >= 11 is 0. The summed E-state index contributed by atoms with van der Waals surface area (Å²) in [6.07, 6.45) is 5.69. The van der Waals surface area contributed by atoms with Crippen molar-refractivity contribution in [3.63, 3.8) is 0 Å². The highest BCUT2D eigenvalue weighted by molar-refractivity contribution is 5.77. The molecule has 0 bridgehead atoms. The standard InChI is InChI=1S/C18H24N2O2/c1-13(2)12-22-18-19-16-11-7-6-10-15(16)17(21)20(18)14-8-4-3-5-9-14/h6-7,10-11,13-14H,3-5,8-9,12H2,1-2H3. The van der Waals surface area contributed by atoms with Crippen molar-refractivity contribution in [2.45, 2.75) is 52.0 Å². The molecule has 0 spiro atoms. The van der Waals surface area contributed by atoms with Crippen molar-refractivity contribution in [2.75, 3.05) is 6.61 Å². The maximum absolute atomic E-state index is 12.9. The van der Waals surface area contributed by atoms with Gasteiger partial charge in [-0.3, -0.25) is 9.36 Å². The predicted octanol–water partition coefficient (Wildman–Crippen LogP) is 3.94. The van der Waals surface area contributed by atoms with Crippen LogP contribution in [0.3, 0.4) is 0 Å². The average molecular weight is 300 g/mol. The fraction of sp³-hybridized carbons (Fsp3) is 0.556. The van der Waals surface area contributed by atoms with Crippen molar-refractivity contribution < 1.29 is 4.74 Å². The molecule has 118 valence electrons. The number of ether oxygens (including phenoxy) is 1. The lowest BCUT2D eigenvalue weighted by atomic mass is 9.95. The molecule has 0 unspecified atom stereocenters. The van der Waals surface area contributed by atoms with Gasteiger partial charge in [-0.1, -0.05) is 45.2 Å². The molecule has 1 heterocycles. The topological polar surface area (TPSA) is 44.1 Å². The molecule has 1 fully saturated rings. The lowest BCUT2D eigenvalue weighted by Crippen LogP contribution is -2.29. The molecule has 1 aromatic heterocycles. The van der Waals surface area contributed by atoms with E-state index in [4.69, 9.17) is 4.74 Å². The molecule has 1 aliphatic carbocycles. The molecule has 1 saturated carbocycles. The molecule has 0 atom stereocenters. The molecule has 0 N–H and O–H groups in total. The largest absolute Gasteiger partial charge is 0.464 e. The zero-order valence-electron chi connectivity index (χ0n) is 13.4. The van der Waals surface area contributed by atoms with E-state index in [0.717, 1.165) is 18.4 Å². The Morgan fingerprint density at radius 3 is 2.68 bits per heavy atom. The first kappa shape index (κ1) is 15.1. The number of para-hydroxylation sites is 1. The third-order valence-corrected chi connectivity index (χ3v) is 4.26. The van der Waals surface area contributed by atoms with Crippen LogP contribution in [0.4, 0.5) is 0 Å². The van der Waals surface area contributed by atoms with Crippen LogP contribution in [0.1, 0.15) is 52.0 Å². The van der Waals surface area contributed by atoms with Crippen LogP contribution in [0.5, 0.6) is 6.01 Å². The highest BCUT2D eigenvalue weighted by atomic mass is 16.5. The van der Waals surface area contributed by atoms with Crippen molar-refractivity contribution in [1.29, 1.82) is 0 Å². The van der Waals surface area contributed by atoms with E-state index in [-0.39, 0.29) is 11.6 Å². The van der Waals surface area contributed by atoms with Gasteiger partial charge in [-0.05, 0) is 30.9 Å². The molecule has 0 amide bonds. The molecule has 1 aliphatic rings. The van der Waals surface area contributed by atoms with E-state index >= 15 is 0 Å². The first-order valence-electron chi connectivity index (χ1n) is 8.31. The van der Waals surface area contributed by atoms with Gasteiger partial charge in [0.15, 0.2) is 0 Å². The summed E-state index contributed by atoms with van der Waals surface area (Å²) in [5.41, 5.74) is 0.759. The first-order chi connectivity index (χ1) is 10.7. The molecule has 4 nitrogen and oxygen atoms in total. The Morgan fingerprint density at radius 1 is 1.23 bits per heavy atom. The lowest BCUT2D eigenvalue weighted by molar-refractivity contribution is 0.216. The molecule has 0 radical (unpaired) electrons. The van der Waals surface area contributed by atoms with Crippen LogP contribution in [0.2, 0.25) is 0 Å². The fourth-order valence-electron chi connectivity index (χ4n) is 3.13. The Hall–Kier alpha value is -1.84. The first-order valence-corrected chi connectivity index (χ1v) is 8.31. The van der Waals surface area contributed by atoms with Crippen LogP contribution in [-0.2, 0) is 0 Å². The Balaban J connectivity index is 2.10. The normalized spacial score (nSPS) is 16.3. The highest BCUT2D eigenvalue weighted by Gasteiger charge is 2.22. The molecule has 0 aliphatic heterocycles. The quantitative estimate of drug-likeness (QED) is 0.859. The van der Waals surface area contributed by atoms with Crippen molar-refractivity contribution in [2.24, 2.45) is 5.92 Å². The Bertz CT molecular complexity index is 700. The number of fused-ring (bicyclic) bond motifs is 1. The van der Waals surface area contributed by atoms with Gasteiger partial charge in [-0.15, -0.1) is 0 Å². The van der Waals surface area contributed by atoms with Crippen LogP contribution >= 0.6 is 0 Å². The number of hydrogen-bond donors (Lipinski definition) is 0. The zero-order valence-corrected chi connectivity index (χ0v) is 13.4. The highest BCUT2D eigenvalue weighted by Crippen LogP contribution is 2.30. The van der Waals surface area contributed by atoms with E-state index in [1.165, 1.54) is 19.3 Å². The van der Waals surface area contributed by atoms with E-state index in [1.54, 1.807) is 0 Å². The zero-order chi connectivity index (χ0) is 15.5. The van der Waals surface area contributed by atoms with Crippen molar-refractivity contribution in [3.05, 3.63) is 34.6 Å². The molecule has 2 aromatic rings. The van der Waals surface area contributed by atoms with E-state index in [2.05, 4.69) is 18.8 Å². The predicted molar refractivity (Wildman–Crippen MR) is 88.5 cm³/mol. The number of hydrogen-bond acceptors (Lipinski definition) is 3. The number of rotatable bonds is 4. The Morgan fingerprint density at radius 2 is 1.95 bits per heavy atom. The smallest absolute Gasteiger partial charge is 0.300 e. The van der Waals surface area contributed by atoms with Gasteiger partial charge in [0.25, 0.3) is 11.6 Å². The molecule has 3 rings (SSSR count). The van der Waals surface area contributed by atoms with Gasteiger partial charge in [0.2, 0.25) is 0 Å². The van der Waals surface area contributed by atoms with Gasteiger partial charge in [-0.25, -0.2) is 0 Å². The van der Waals surface area contributed by atoms with Crippen molar-refractivity contribution in [1.82, 2.24) is 9.55 Å². The molecule has 1 aromatic carbocycles. The SMILES string of the molecule is CC(C)COc1nc2ccccc2c(=O)n1C1CCCCC1. The van der Waals surface area contributed by atoms with Crippen LogP contribution in [0, 0.1) is 5.92 Å². The van der Waals surface area contributed by atoms with Gasteiger partial charge in [0.1, 0.15) is 0 Å². The molecule has 0 saturated heterocycles. The fourth-order valence-corrected chi connectivity index (χ4v) is 3.13. The monoisotopic (exact) mass is 300 g/mol. The van der Waals surface area contributed by atoms with E-state index < -0.39 is 0 Å². The summed E-state index contributed by atoms with van der Waals surface area (Å²) in [4.78, 5) is 17.6. The third-order valence-electron chi connectivity index (χ3n) is 4.26. The van der Waals surface area contributed by atoms with Gasteiger partial charge in [0.05, 0.1) is 17.5 Å². The van der Waals surface area contributed by atoms with E-state index in [0.29, 0.717) is 23.9 Å². The molecular formula is C18H24N2O2. The summed E-state index contributed by atoms with van der Waals surface area (Å²) in [5.74, 6) is 0.406. The Kier molecular flexibility index (Phi) is 4.46. The van der Waals surface area contributed by atoms with Gasteiger partial charge in [-0.2, -0.15) is 4.98 Å². The minimum Gasteiger partial charge on any atom is -0.464 e. The maximum atomic E-state index is 12.9. The van der Waals surface area contributed by atoms with Crippen molar-refractivity contribution >= 4 is 10.9 Å². The number of benzene rings is 1. The number of nitrogens with zero attached hydrogens (tertiary/aromatic N) is 2. The number of aromatic nitrogens is 2. The lowest BCUT2D eigenvalue weighted by Gasteiger charge is -2.26. The van der Waals surface area contributed by atoms with Gasteiger partial charge < -0.3 is 4.74 Å². The average Bonchev–Trinajstić information content (AvgIpc) is 2.54. The van der Waals surface area contributed by atoms with E-state index in [1.807, 2.05) is 28.8 Å². The van der Waals surface area contributed by atoms with Crippen LogP contribution in [-0.4, -0.2) is 16.2 Å². The molecule has 22 heavy (non-hydrogen) atoms. The van der Waals surface area contributed by atoms with Crippen LogP contribution in [0.25, 0.3) is 10.9 Å². The van der Waals surface area contributed by atoms with Crippen LogP contribution < -0.4 is 10.3 Å². The summed E-state index contributed by atoms with van der Waals surface area (Å²) in [7, 11) is 0. The van der Waals surface area contributed by atoms with Gasteiger partial charge in [0, 0.05) is 6.04 Å². The summed E-state index contributed by atoms with van der Waals surface area (Å²) in [6.45, 7) is 4.78. The maximum Gasteiger partial charge on any atom is 0.300 e. The summed E-state index contributed by atoms with van der Waals surface area (Å²) in [6, 6.07) is 8.25. The second kappa shape index (κ2) is 6.51. The minimum absolute atomic E-state index is 0.0382. The second-order valence-electron chi connectivity index (χ2n) is 6.58. The van der Waals surface area contributed by atoms with Crippen molar-refractivity contribution in [3.8, 4) is 6.01 Å². The molecule has 4 heteroatoms. The molecular weight excluding hydrogens is 276 g/mol. The minimum atomic E-state index is 0.0382. The van der Waals surface area contributed by atoms with Gasteiger partial charge >= 0.3 is 0 Å². The summed E-state index contributed by atoms with van der Waals surface area (Å²) < 4.78 is 7.70. The third kappa shape index (κ3) is 3.01. The Labute approximate surface area is 131 Å². The summed E-state index contributed by atoms with van der Waals surface area (Å²) in [5, 5.41) is 0.685. The second-order valence-corrected chi connectivity index (χ2v) is 6.58. The van der Waals surface area contributed by atoms with Crippen LogP contribution in [0.15, 0.2) is 29.1 Å².